The Morgan fingerprint density at radius 3 is 2.58 bits per heavy atom. The molecule has 1 unspecified atom stereocenters. The number of hydrogen-bond acceptors (Lipinski definition) is 4. The number of morpholine rings is 1. The van der Waals surface area contributed by atoms with E-state index in [1.165, 1.54) is 19.1 Å². The zero-order chi connectivity index (χ0) is 18.8. The molecule has 6 nitrogen and oxygen atoms in total. The lowest BCUT2D eigenvalue weighted by Crippen LogP contribution is -2.43. The number of Topliss-reactive ketones (excluding diaryl/α,β-unsaturated/α-hetero) is 1. The van der Waals surface area contributed by atoms with Gasteiger partial charge in [-0.1, -0.05) is 12.1 Å². The third-order valence-electron chi connectivity index (χ3n) is 4.68. The predicted octanol–water partition coefficient (Wildman–Crippen LogP) is 2.44. The zero-order valence-electron chi connectivity index (χ0n) is 15.2. The summed E-state index contributed by atoms with van der Waals surface area (Å²) < 4.78 is 20.4. The van der Waals surface area contributed by atoms with Gasteiger partial charge in [0.25, 0.3) is 0 Å². The van der Waals surface area contributed by atoms with E-state index in [-0.39, 0.29) is 30.2 Å². The normalized spacial score (nSPS) is 17.4. The van der Waals surface area contributed by atoms with E-state index in [1.54, 1.807) is 35.6 Å². The summed E-state index contributed by atoms with van der Waals surface area (Å²) in [5.74, 6) is -0.439. The number of halogens is 1. The van der Waals surface area contributed by atoms with E-state index in [9.17, 15) is 14.0 Å². The molecule has 0 bridgehead atoms. The van der Waals surface area contributed by atoms with Gasteiger partial charge in [0, 0.05) is 12.2 Å². The fraction of sp³-hybridized carbons (Fsp3) is 0.421. The van der Waals surface area contributed by atoms with Gasteiger partial charge < -0.3 is 9.64 Å². The smallest absolute Gasteiger partial charge is 0.244 e. The van der Waals surface area contributed by atoms with Gasteiger partial charge in [0.15, 0.2) is 5.78 Å². The highest BCUT2D eigenvalue weighted by atomic mass is 19.1. The van der Waals surface area contributed by atoms with Gasteiger partial charge in [-0.15, -0.1) is 0 Å². The molecule has 2 aromatic rings. The van der Waals surface area contributed by atoms with Crippen LogP contribution in [0.25, 0.3) is 0 Å². The second-order valence-electron chi connectivity index (χ2n) is 6.51. The molecule has 1 aromatic carbocycles. The number of aryl methyl sites for hydroxylation is 1. The summed E-state index contributed by atoms with van der Waals surface area (Å²) in [7, 11) is 0. The Morgan fingerprint density at radius 2 is 1.96 bits per heavy atom. The molecule has 0 radical (unpaired) electrons. The van der Waals surface area contributed by atoms with Gasteiger partial charge in [0.1, 0.15) is 18.5 Å². The first-order chi connectivity index (χ1) is 12.4. The molecule has 2 heterocycles. The van der Waals surface area contributed by atoms with Crippen molar-refractivity contribution in [1.29, 1.82) is 0 Å². The Kier molecular flexibility index (Phi) is 5.18. The monoisotopic (exact) mass is 359 g/mol. The van der Waals surface area contributed by atoms with Crippen LogP contribution >= 0.6 is 0 Å². The molecule has 138 valence electrons. The lowest BCUT2D eigenvalue weighted by atomic mass is 10.1. The van der Waals surface area contributed by atoms with Crippen LogP contribution < -0.4 is 0 Å². The number of benzene rings is 1. The summed E-state index contributed by atoms with van der Waals surface area (Å²) in [4.78, 5) is 26.1. The average molecular weight is 359 g/mol. The zero-order valence-corrected chi connectivity index (χ0v) is 15.2. The second-order valence-corrected chi connectivity index (χ2v) is 6.51. The van der Waals surface area contributed by atoms with E-state index in [0.717, 1.165) is 5.56 Å². The van der Waals surface area contributed by atoms with Crippen molar-refractivity contribution in [2.75, 3.05) is 19.7 Å². The van der Waals surface area contributed by atoms with E-state index in [4.69, 9.17) is 4.74 Å². The highest BCUT2D eigenvalue weighted by Crippen LogP contribution is 2.23. The van der Waals surface area contributed by atoms with Gasteiger partial charge >= 0.3 is 0 Å². The summed E-state index contributed by atoms with van der Waals surface area (Å²) in [6.07, 6.45) is -0.276. The van der Waals surface area contributed by atoms with Crippen molar-refractivity contribution in [1.82, 2.24) is 14.7 Å². The minimum Gasteiger partial charge on any atom is -0.370 e. The highest BCUT2D eigenvalue weighted by molar-refractivity contribution is 5.96. The van der Waals surface area contributed by atoms with Crippen LogP contribution in [-0.2, 0) is 16.1 Å². The summed E-state index contributed by atoms with van der Waals surface area (Å²) in [5.41, 5.74) is 2.75. The van der Waals surface area contributed by atoms with Crippen molar-refractivity contribution < 1.29 is 18.7 Å². The maximum atomic E-state index is 13.1. The van der Waals surface area contributed by atoms with Crippen molar-refractivity contribution in [3.63, 3.8) is 0 Å². The first-order valence-electron chi connectivity index (χ1n) is 8.56. The van der Waals surface area contributed by atoms with Crippen molar-refractivity contribution in [3.05, 3.63) is 52.6 Å². The van der Waals surface area contributed by atoms with Gasteiger partial charge in [-0.2, -0.15) is 5.10 Å². The Labute approximate surface area is 151 Å². The molecular weight excluding hydrogens is 337 g/mol. The first-order valence-corrected chi connectivity index (χ1v) is 8.56. The minimum atomic E-state index is -0.303. The van der Waals surface area contributed by atoms with Gasteiger partial charge in [0.2, 0.25) is 5.91 Å². The lowest BCUT2D eigenvalue weighted by Gasteiger charge is -2.33. The van der Waals surface area contributed by atoms with Crippen LogP contribution in [0.3, 0.4) is 0 Å². The number of aromatic nitrogens is 2. The molecule has 0 spiro atoms. The first kappa shape index (κ1) is 18.3. The Hall–Kier alpha value is -2.54. The van der Waals surface area contributed by atoms with Crippen LogP contribution in [0.1, 0.15) is 40.3 Å². The van der Waals surface area contributed by atoms with Crippen LogP contribution in [0, 0.1) is 19.7 Å². The molecule has 1 aliphatic rings. The molecule has 1 saturated heterocycles. The number of amides is 1. The highest BCUT2D eigenvalue weighted by Gasteiger charge is 2.26. The Morgan fingerprint density at radius 1 is 1.27 bits per heavy atom. The number of hydrogen-bond donors (Lipinski definition) is 0. The molecule has 26 heavy (non-hydrogen) atoms. The van der Waals surface area contributed by atoms with Gasteiger partial charge in [-0.25, -0.2) is 4.39 Å². The molecular formula is C19H22FN3O3. The van der Waals surface area contributed by atoms with Gasteiger partial charge in [-0.3, -0.25) is 14.3 Å². The fourth-order valence-electron chi connectivity index (χ4n) is 3.34. The molecule has 7 heteroatoms. The average Bonchev–Trinajstić information content (AvgIpc) is 2.89. The van der Waals surface area contributed by atoms with Crippen molar-refractivity contribution >= 4 is 11.7 Å². The van der Waals surface area contributed by atoms with E-state index in [0.29, 0.717) is 36.6 Å². The predicted molar refractivity (Wildman–Crippen MR) is 93.4 cm³/mol. The molecule has 1 aromatic heterocycles. The summed E-state index contributed by atoms with van der Waals surface area (Å²) >= 11 is 0. The molecule has 1 amide bonds. The van der Waals surface area contributed by atoms with Crippen molar-refractivity contribution in [2.24, 2.45) is 0 Å². The second kappa shape index (κ2) is 7.37. The SMILES string of the molecule is CC(=O)c1c(C)nn(CC(=O)N2CCOC(c3ccc(F)cc3)C2)c1C. The summed E-state index contributed by atoms with van der Waals surface area (Å²) in [6.45, 7) is 6.46. The van der Waals surface area contributed by atoms with Crippen LogP contribution in [0.15, 0.2) is 24.3 Å². The Bertz CT molecular complexity index is 829. The fourth-order valence-corrected chi connectivity index (χ4v) is 3.34. The number of rotatable bonds is 4. The number of nitrogens with zero attached hydrogens (tertiary/aromatic N) is 3. The number of ketones is 1. The molecule has 0 aliphatic carbocycles. The standard InChI is InChI=1S/C19H22FN3O3/c1-12-19(14(3)24)13(2)23(21-12)11-18(25)22-8-9-26-17(10-22)15-4-6-16(20)7-5-15/h4-7,17H,8-11H2,1-3H3. The maximum Gasteiger partial charge on any atom is 0.244 e. The lowest BCUT2D eigenvalue weighted by molar-refractivity contribution is -0.139. The quantitative estimate of drug-likeness (QED) is 0.787. The van der Waals surface area contributed by atoms with Gasteiger partial charge in [-0.05, 0) is 38.5 Å². The van der Waals surface area contributed by atoms with Crippen LogP contribution in [0.4, 0.5) is 4.39 Å². The third kappa shape index (κ3) is 3.67. The molecule has 1 aliphatic heterocycles. The van der Waals surface area contributed by atoms with Crippen molar-refractivity contribution in [3.8, 4) is 0 Å². The largest absolute Gasteiger partial charge is 0.370 e. The number of carbonyl (C=O) groups is 2. The van der Waals surface area contributed by atoms with E-state index < -0.39 is 0 Å². The van der Waals surface area contributed by atoms with Crippen LogP contribution in [0.2, 0.25) is 0 Å². The van der Waals surface area contributed by atoms with E-state index in [2.05, 4.69) is 5.10 Å². The number of ether oxygens (including phenoxy) is 1. The minimum absolute atomic E-state index is 0.0542. The van der Waals surface area contributed by atoms with Crippen LogP contribution in [-0.4, -0.2) is 46.1 Å². The topological polar surface area (TPSA) is 64.4 Å². The molecule has 0 saturated carbocycles. The van der Waals surface area contributed by atoms with E-state index >= 15 is 0 Å². The van der Waals surface area contributed by atoms with Crippen molar-refractivity contribution in [2.45, 2.75) is 33.4 Å². The summed E-state index contributed by atoms with van der Waals surface area (Å²) in [5, 5.41) is 4.33. The molecule has 3 rings (SSSR count). The molecule has 1 atom stereocenters. The molecule has 0 N–H and O–H groups in total. The van der Waals surface area contributed by atoms with Crippen LogP contribution in [0.5, 0.6) is 0 Å². The van der Waals surface area contributed by atoms with E-state index in [1.807, 2.05) is 0 Å². The Balaban J connectivity index is 1.71. The summed E-state index contributed by atoms with van der Waals surface area (Å²) in [6, 6.07) is 6.12. The maximum absolute atomic E-state index is 13.1. The van der Waals surface area contributed by atoms with Gasteiger partial charge in [0.05, 0.1) is 24.4 Å². The number of carbonyl (C=O) groups excluding carboxylic acids is 2. The molecule has 1 fully saturated rings. The third-order valence-corrected chi connectivity index (χ3v) is 4.68.